The largest absolute Gasteiger partial charge is 0.441 e. The minimum Gasteiger partial charge on any atom is -0.441 e. The van der Waals surface area contributed by atoms with Crippen molar-refractivity contribution >= 4 is 23.7 Å². The smallest absolute Gasteiger partial charge is 0.407 e. The average Bonchev–Trinajstić information content (AvgIpc) is 3.34. The minimum absolute atomic E-state index is 0.0292. The van der Waals surface area contributed by atoms with Crippen molar-refractivity contribution in [3.63, 3.8) is 0 Å². The lowest BCUT2D eigenvalue weighted by molar-refractivity contribution is 0.0110. The molecule has 1 aromatic rings. The van der Waals surface area contributed by atoms with Crippen molar-refractivity contribution in [2.75, 3.05) is 38.0 Å². The van der Waals surface area contributed by atoms with Gasteiger partial charge in [-0.05, 0) is 37.5 Å². The standard InChI is InChI=1S/C20H26N4O4/c1-14-15(17(25)23-9-2-3-10-23)5-4-6-16(14)22-18(26)24-11-7-20(8-12-24)13-21-19(27)28-20/h4-6H,2-3,7-13H2,1H3,(H,21,27)(H,22,26). The van der Waals surface area contributed by atoms with Crippen LogP contribution >= 0.6 is 0 Å². The number of nitrogens with one attached hydrogen (secondary N) is 2. The number of urea groups is 1. The van der Waals surface area contributed by atoms with Gasteiger partial charge in [0.15, 0.2) is 0 Å². The summed E-state index contributed by atoms with van der Waals surface area (Å²) in [5.74, 6) is 0.0292. The van der Waals surface area contributed by atoms with Crippen molar-refractivity contribution in [2.45, 2.75) is 38.2 Å². The highest BCUT2D eigenvalue weighted by Gasteiger charge is 2.43. The number of amides is 4. The van der Waals surface area contributed by atoms with Crippen molar-refractivity contribution in [3.8, 4) is 0 Å². The van der Waals surface area contributed by atoms with Gasteiger partial charge in [-0.15, -0.1) is 0 Å². The number of nitrogens with zero attached hydrogens (tertiary/aromatic N) is 2. The van der Waals surface area contributed by atoms with Crippen LogP contribution in [0.5, 0.6) is 0 Å². The fraction of sp³-hybridized carbons (Fsp3) is 0.550. The first-order valence-corrected chi connectivity index (χ1v) is 9.89. The van der Waals surface area contributed by atoms with E-state index in [0.29, 0.717) is 43.7 Å². The summed E-state index contributed by atoms with van der Waals surface area (Å²) >= 11 is 0. The van der Waals surface area contributed by atoms with E-state index in [9.17, 15) is 14.4 Å². The zero-order valence-electron chi connectivity index (χ0n) is 16.1. The van der Waals surface area contributed by atoms with E-state index < -0.39 is 5.60 Å². The summed E-state index contributed by atoms with van der Waals surface area (Å²) in [5, 5.41) is 5.64. The Kier molecular flexibility index (Phi) is 4.87. The number of benzene rings is 1. The molecule has 0 radical (unpaired) electrons. The Hall–Kier alpha value is -2.77. The van der Waals surface area contributed by atoms with Crippen molar-refractivity contribution in [3.05, 3.63) is 29.3 Å². The third kappa shape index (κ3) is 3.50. The van der Waals surface area contributed by atoms with Gasteiger partial charge in [-0.3, -0.25) is 4.79 Å². The molecule has 3 aliphatic heterocycles. The average molecular weight is 386 g/mol. The van der Waals surface area contributed by atoms with Gasteiger partial charge in [-0.2, -0.15) is 0 Å². The molecule has 1 aromatic carbocycles. The number of likely N-dealkylation sites (tertiary alicyclic amines) is 2. The summed E-state index contributed by atoms with van der Waals surface area (Å²) < 4.78 is 5.40. The van der Waals surface area contributed by atoms with Crippen LogP contribution in [0.15, 0.2) is 18.2 Å². The highest BCUT2D eigenvalue weighted by atomic mass is 16.6. The number of ether oxygens (including phenoxy) is 1. The number of carbonyl (C=O) groups is 3. The van der Waals surface area contributed by atoms with Gasteiger partial charge < -0.3 is 25.2 Å². The molecule has 3 aliphatic rings. The van der Waals surface area contributed by atoms with Crippen LogP contribution in [0.4, 0.5) is 15.3 Å². The van der Waals surface area contributed by atoms with Crippen LogP contribution in [-0.2, 0) is 4.74 Å². The zero-order valence-corrected chi connectivity index (χ0v) is 16.1. The van der Waals surface area contributed by atoms with Gasteiger partial charge in [0.1, 0.15) is 5.60 Å². The first-order valence-electron chi connectivity index (χ1n) is 9.89. The number of piperidine rings is 1. The molecule has 0 atom stereocenters. The van der Waals surface area contributed by atoms with E-state index in [1.807, 2.05) is 24.0 Å². The first kappa shape index (κ1) is 18.6. The van der Waals surface area contributed by atoms with Crippen molar-refractivity contribution < 1.29 is 19.1 Å². The summed E-state index contributed by atoms with van der Waals surface area (Å²) in [6, 6.07) is 5.25. The first-order chi connectivity index (χ1) is 13.5. The maximum Gasteiger partial charge on any atom is 0.407 e. The highest BCUT2D eigenvalue weighted by molar-refractivity contribution is 5.99. The topological polar surface area (TPSA) is 91.0 Å². The molecule has 1 spiro atoms. The van der Waals surface area contributed by atoms with Gasteiger partial charge in [-0.1, -0.05) is 6.07 Å². The molecule has 8 nitrogen and oxygen atoms in total. The van der Waals surface area contributed by atoms with E-state index in [2.05, 4.69) is 10.6 Å². The van der Waals surface area contributed by atoms with Crippen molar-refractivity contribution in [1.82, 2.24) is 15.1 Å². The lowest BCUT2D eigenvalue weighted by atomic mass is 9.92. The summed E-state index contributed by atoms with van der Waals surface area (Å²) in [7, 11) is 0. The molecule has 3 heterocycles. The van der Waals surface area contributed by atoms with Crippen LogP contribution in [0, 0.1) is 6.92 Å². The molecular formula is C20H26N4O4. The molecule has 28 heavy (non-hydrogen) atoms. The van der Waals surface area contributed by atoms with Crippen LogP contribution in [0.1, 0.15) is 41.6 Å². The second-order valence-electron chi connectivity index (χ2n) is 7.82. The van der Waals surface area contributed by atoms with Gasteiger partial charge in [0.25, 0.3) is 5.91 Å². The molecule has 4 amide bonds. The van der Waals surface area contributed by atoms with Crippen LogP contribution in [0.25, 0.3) is 0 Å². The third-order valence-corrected chi connectivity index (χ3v) is 6.03. The molecule has 3 saturated heterocycles. The molecule has 0 bridgehead atoms. The van der Waals surface area contributed by atoms with Crippen LogP contribution in [-0.4, -0.2) is 66.2 Å². The fourth-order valence-corrected chi connectivity index (χ4v) is 4.19. The maximum atomic E-state index is 12.7. The van der Waals surface area contributed by atoms with Crippen LogP contribution in [0.3, 0.4) is 0 Å². The second kappa shape index (κ2) is 7.33. The highest BCUT2D eigenvalue weighted by Crippen LogP contribution is 2.30. The number of carbonyl (C=O) groups excluding carboxylic acids is 3. The third-order valence-electron chi connectivity index (χ3n) is 6.03. The number of alkyl carbamates (subject to hydrolysis) is 1. The second-order valence-corrected chi connectivity index (χ2v) is 7.82. The van der Waals surface area contributed by atoms with E-state index in [4.69, 9.17) is 4.74 Å². The Labute approximate surface area is 164 Å². The predicted molar refractivity (Wildman–Crippen MR) is 103 cm³/mol. The SMILES string of the molecule is Cc1c(NC(=O)N2CCC3(CC2)CNC(=O)O3)cccc1C(=O)N1CCCC1. The number of anilines is 1. The Morgan fingerprint density at radius 2 is 1.82 bits per heavy atom. The molecule has 2 N–H and O–H groups in total. The lowest BCUT2D eigenvalue weighted by Crippen LogP contribution is -2.49. The molecule has 0 aromatic heterocycles. The number of hydrogen-bond donors (Lipinski definition) is 2. The van der Waals surface area contributed by atoms with E-state index in [-0.39, 0.29) is 18.0 Å². The summed E-state index contributed by atoms with van der Waals surface area (Å²) in [4.78, 5) is 40.4. The Morgan fingerprint density at radius 3 is 2.46 bits per heavy atom. The summed E-state index contributed by atoms with van der Waals surface area (Å²) in [6.07, 6.45) is 2.94. The Bertz CT molecular complexity index is 795. The maximum absolute atomic E-state index is 12.7. The fourth-order valence-electron chi connectivity index (χ4n) is 4.19. The quantitative estimate of drug-likeness (QED) is 0.816. The van der Waals surface area contributed by atoms with Crippen LogP contribution < -0.4 is 10.6 Å². The molecule has 0 saturated carbocycles. The van der Waals surface area contributed by atoms with E-state index in [1.165, 1.54) is 0 Å². The van der Waals surface area contributed by atoms with Crippen LogP contribution in [0.2, 0.25) is 0 Å². The minimum atomic E-state index is -0.480. The van der Waals surface area contributed by atoms with Gasteiger partial charge in [0.2, 0.25) is 0 Å². The normalized spacial score (nSPS) is 20.8. The summed E-state index contributed by atoms with van der Waals surface area (Å²) in [6.45, 7) is 5.00. The zero-order chi connectivity index (χ0) is 19.7. The molecule has 8 heteroatoms. The molecule has 3 fully saturated rings. The van der Waals surface area contributed by atoms with E-state index >= 15 is 0 Å². The van der Waals surface area contributed by atoms with Gasteiger partial charge in [0, 0.05) is 50.3 Å². The monoisotopic (exact) mass is 386 g/mol. The van der Waals surface area contributed by atoms with Gasteiger partial charge in [-0.25, -0.2) is 9.59 Å². The van der Waals surface area contributed by atoms with Gasteiger partial charge in [0.05, 0.1) is 6.54 Å². The molecular weight excluding hydrogens is 360 g/mol. The van der Waals surface area contributed by atoms with Crippen molar-refractivity contribution in [1.29, 1.82) is 0 Å². The predicted octanol–water partition coefficient (Wildman–Crippen LogP) is 2.34. The van der Waals surface area contributed by atoms with E-state index in [0.717, 1.165) is 31.5 Å². The van der Waals surface area contributed by atoms with Crippen molar-refractivity contribution in [2.24, 2.45) is 0 Å². The number of rotatable bonds is 2. The molecule has 4 rings (SSSR count). The van der Waals surface area contributed by atoms with Gasteiger partial charge >= 0.3 is 12.1 Å². The van der Waals surface area contributed by atoms with E-state index in [1.54, 1.807) is 11.0 Å². The Balaban J connectivity index is 1.40. The Morgan fingerprint density at radius 1 is 1.11 bits per heavy atom. The molecule has 0 aliphatic carbocycles. The summed E-state index contributed by atoms with van der Waals surface area (Å²) in [5.41, 5.74) is 1.60. The number of hydrogen-bond acceptors (Lipinski definition) is 4. The molecule has 150 valence electrons. The lowest BCUT2D eigenvalue weighted by Gasteiger charge is -2.37. The molecule has 0 unspecified atom stereocenters.